The van der Waals surface area contributed by atoms with E-state index in [1.807, 2.05) is 0 Å². The molecule has 5 aliphatic rings. The van der Waals surface area contributed by atoms with E-state index in [-0.39, 0.29) is 0 Å². The van der Waals surface area contributed by atoms with E-state index in [0.717, 1.165) is 23.7 Å². The molecule has 4 fully saturated rings. The molecule has 0 amide bonds. The number of nitrogens with zero attached hydrogens (tertiary/aromatic N) is 1. The summed E-state index contributed by atoms with van der Waals surface area (Å²) in [6.07, 6.45) is 5.92. The molecule has 0 aromatic heterocycles. The SMILES string of the molecule is C[N]([Al])c1ccc2c(c1)-c1ccccc1C21C2CC3CC(C2)C1C3. The lowest BCUT2D eigenvalue weighted by atomic mass is 9.59. The maximum absolute atomic E-state index is 2.80. The third kappa shape index (κ3) is 1.45. The summed E-state index contributed by atoms with van der Waals surface area (Å²) in [7, 11) is 2.11. The molecular weight excluding hydrogens is 305 g/mol. The first-order valence-corrected chi connectivity index (χ1v) is 9.94. The highest BCUT2D eigenvalue weighted by Crippen LogP contribution is 2.72. The van der Waals surface area contributed by atoms with Gasteiger partial charge in [-0.2, -0.15) is 0 Å². The Hall–Kier alpha value is -1.23. The van der Waals surface area contributed by atoms with Crippen molar-refractivity contribution in [3.05, 3.63) is 53.6 Å². The van der Waals surface area contributed by atoms with E-state index < -0.39 is 0 Å². The van der Waals surface area contributed by atoms with Crippen molar-refractivity contribution in [3.63, 3.8) is 0 Å². The summed E-state index contributed by atoms with van der Waals surface area (Å²) in [5.74, 6) is 3.78. The molecule has 1 spiro atoms. The molecule has 24 heavy (non-hydrogen) atoms. The minimum atomic E-state index is 0.335. The van der Waals surface area contributed by atoms with Crippen molar-refractivity contribution in [2.24, 2.45) is 23.7 Å². The number of rotatable bonds is 1. The zero-order valence-corrected chi connectivity index (χ0v) is 15.4. The van der Waals surface area contributed by atoms with E-state index in [1.54, 1.807) is 11.1 Å². The fourth-order valence-corrected chi connectivity index (χ4v) is 7.35. The van der Waals surface area contributed by atoms with Gasteiger partial charge in [0.2, 0.25) is 0 Å². The van der Waals surface area contributed by atoms with Crippen LogP contribution >= 0.6 is 0 Å². The van der Waals surface area contributed by atoms with E-state index in [4.69, 9.17) is 0 Å². The van der Waals surface area contributed by atoms with Gasteiger partial charge in [-0.15, -0.1) is 0 Å². The minimum absolute atomic E-state index is 0.335. The first kappa shape index (κ1) is 14.0. The van der Waals surface area contributed by atoms with Crippen molar-refractivity contribution >= 4 is 22.2 Å². The van der Waals surface area contributed by atoms with Crippen molar-refractivity contribution in [1.82, 2.24) is 0 Å². The summed E-state index contributed by atoms with van der Waals surface area (Å²) in [4.78, 5) is 0. The predicted molar refractivity (Wildman–Crippen MR) is 99.2 cm³/mol. The lowest BCUT2D eigenvalue weighted by molar-refractivity contribution is 0.191. The van der Waals surface area contributed by atoms with Crippen molar-refractivity contribution in [1.29, 1.82) is 0 Å². The smallest absolute Gasteiger partial charge is 0.309 e. The van der Waals surface area contributed by atoms with Crippen molar-refractivity contribution in [3.8, 4) is 11.1 Å². The van der Waals surface area contributed by atoms with Crippen molar-refractivity contribution < 1.29 is 0 Å². The van der Waals surface area contributed by atoms with Gasteiger partial charge in [-0.25, -0.2) is 0 Å². The summed E-state index contributed by atoms with van der Waals surface area (Å²) in [6.45, 7) is 0. The molecule has 1 nitrogen and oxygen atoms in total. The third-order valence-electron chi connectivity index (χ3n) is 7.75. The van der Waals surface area contributed by atoms with Crippen LogP contribution in [0.4, 0.5) is 5.69 Å². The van der Waals surface area contributed by atoms with Crippen LogP contribution in [0, 0.1) is 23.7 Å². The molecule has 2 heteroatoms. The molecule has 7 rings (SSSR count). The Labute approximate surface area is 152 Å². The monoisotopic (exact) mass is 327 g/mol. The van der Waals surface area contributed by atoms with Gasteiger partial charge < -0.3 is 3.88 Å². The van der Waals surface area contributed by atoms with Crippen molar-refractivity contribution in [2.45, 2.75) is 31.1 Å². The average Bonchev–Trinajstić information content (AvgIpc) is 3.13. The maximum atomic E-state index is 2.80. The molecule has 5 atom stereocenters. The summed E-state index contributed by atoms with van der Waals surface area (Å²) >= 11 is 2.80. The van der Waals surface area contributed by atoms with E-state index in [1.165, 1.54) is 42.5 Å². The predicted octanol–water partition coefficient (Wildman–Crippen LogP) is 4.54. The molecule has 4 bridgehead atoms. The van der Waals surface area contributed by atoms with Gasteiger partial charge in [0.15, 0.2) is 0 Å². The Morgan fingerprint density at radius 1 is 0.958 bits per heavy atom. The summed E-state index contributed by atoms with van der Waals surface area (Å²) in [6, 6.07) is 16.5. The number of hydrogen-bond acceptors (Lipinski definition) is 1. The molecule has 4 saturated carbocycles. The maximum Gasteiger partial charge on any atom is 0.309 e. The van der Waals surface area contributed by atoms with E-state index >= 15 is 0 Å². The van der Waals surface area contributed by atoms with Crippen LogP contribution in [0.1, 0.15) is 36.8 Å². The molecule has 2 aromatic carbocycles. The number of benzene rings is 2. The molecule has 0 N–H and O–H groups in total. The second-order valence-electron chi connectivity index (χ2n) is 8.63. The molecule has 118 valence electrons. The fraction of sp³-hybridized carbons (Fsp3) is 0.455. The second kappa shape index (κ2) is 4.48. The average molecular weight is 327 g/mol. The Kier molecular flexibility index (Phi) is 2.61. The number of fused-ring (bicyclic) bond motifs is 3. The topological polar surface area (TPSA) is 3.24 Å². The van der Waals surface area contributed by atoms with Gasteiger partial charge >= 0.3 is 16.5 Å². The Morgan fingerprint density at radius 3 is 2.62 bits per heavy atom. The van der Waals surface area contributed by atoms with Crippen molar-refractivity contribution in [2.75, 3.05) is 10.9 Å². The molecule has 5 unspecified atom stereocenters. The zero-order chi connectivity index (χ0) is 16.1. The summed E-state index contributed by atoms with van der Waals surface area (Å²) < 4.78 is 2.15. The molecule has 0 saturated heterocycles. The summed E-state index contributed by atoms with van der Waals surface area (Å²) in [5.41, 5.74) is 7.95. The van der Waals surface area contributed by atoms with Gasteiger partial charge in [0, 0.05) is 11.1 Å². The largest absolute Gasteiger partial charge is 0.481 e. The van der Waals surface area contributed by atoms with Crippen LogP contribution in [-0.2, 0) is 5.41 Å². The number of anilines is 1. The molecular formula is C22H22AlN. The van der Waals surface area contributed by atoms with Gasteiger partial charge in [0.05, 0.1) is 0 Å². The zero-order valence-electron chi connectivity index (χ0n) is 14.2. The van der Waals surface area contributed by atoms with Crippen LogP contribution in [0.25, 0.3) is 11.1 Å². The first-order valence-electron chi connectivity index (χ1n) is 9.42. The lowest BCUT2D eigenvalue weighted by Gasteiger charge is -2.44. The molecule has 0 heterocycles. The molecule has 2 radical (unpaired) electrons. The van der Waals surface area contributed by atoms with Gasteiger partial charge in [0.25, 0.3) is 0 Å². The fourth-order valence-electron chi connectivity index (χ4n) is 7.19. The summed E-state index contributed by atoms with van der Waals surface area (Å²) in [5, 5.41) is 0. The highest BCUT2D eigenvalue weighted by Gasteiger charge is 2.65. The van der Waals surface area contributed by atoms with Crippen LogP contribution in [0.5, 0.6) is 0 Å². The van der Waals surface area contributed by atoms with E-state index in [9.17, 15) is 0 Å². The Balaban J connectivity index is 1.67. The lowest BCUT2D eigenvalue weighted by Crippen LogP contribution is -2.40. The second-order valence-corrected chi connectivity index (χ2v) is 9.40. The third-order valence-corrected chi connectivity index (χ3v) is 8.04. The highest BCUT2D eigenvalue weighted by molar-refractivity contribution is 6.17. The van der Waals surface area contributed by atoms with Crippen LogP contribution in [0.2, 0.25) is 0 Å². The molecule has 5 aliphatic carbocycles. The molecule has 2 aromatic rings. The Bertz CT molecular complexity index is 853. The van der Waals surface area contributed by atoms with Gasteiger partial charge in [0.1, 0.15) is 0 Å². The molecule has 0 aliphatic heterocycles. The van der Waals surface area contributed by atoms with Crippen LogP contribution in [-0.4, -0.2) is 23.6 Å². The van der Waals surface area contributed by atoms with Gasteiger partial charge in [-0.1, -0.05) is 30.3 Å². The quantitative estimate of drug-likeness (QED) is 0.695. The van der Waals surface area contributed by atoms with E-state index in [2.05, 4.69) is 69.9 Å². The van der Waals surface area contributed by atoms with Gasteiger partial charge in [-0.3, -0.25) is 0 Å². The normalized spacial score (nSPS) is 37.0. The van der Waals surface area contributed by atoms with Gasteiger partial charge in [-0.05, 0) is 90.8 Å². The Morgan fingerprint density at radius 2 is 1.79 bits per heavy atom. The van der Waals surface area contributed by atoms with Crippen LogP contribution in [0.15, 0.2) is 42.5 Å². The number of hydrogen-bond donors (Lipinski definition) is 0. The standard InChI is InChI=1S/C22H22N.Al/c1-23-16-6-7-20-18(12-16)17-4-2-3-5-19(17)22(20)15-9-13-8-14(11-15)21(22)10-13;/h2-7,12-15,21H,8-11H2,1H3;/q-1;+1. The van der Waals surface area contributed by atoms with Crippen LogP contribution < -0.4 is 3.88 Å². The minimum Gasteiger partial charge on any atom is -0.481 e. The highest BCUT2D eigenvalue weighted by atomic mass is 27.1. The first-order chi connectivity index (χ1) is 11.7. The van der Waals surface area contributed by atoms with Crippen LogP contribution in [0.3, 0.4) is 0 Å². The van der Waals surface area contributed by atoms with E-state index in [0.29, 0.717) is 5.41 Å².